The molecular formula is C15H16N4O2S. The van der Waals surface area contributed by atoms with Crippen LogP contribution in [0.4, 0.5) is 0 Å². The van der Waals surface area contributed by atoms with Gasteiger partial charge in [0.05, 0.1) is 33.8 Å². The highest BCUT2D eigenvalue weighted by Crippen LogP contribution is 2.29. The maximum Gasteiger partial charge on any atom is 0.252 e. The zero-order valence-electron chi connectivity index (χ0n) is 12.3. The zero-order chi connectivity index (χ0) is 15.7. The standard InChI is InChI=1S/C15H16N4O2S/c1-9-13-10(15(21)16-5-6-20)8-11(12-4-3-7-22-12)17-14(13)19(2)18-9/h3-4,7-8,20H,5-6H2,1-2H3,(H,16,21). The third-order valence-corrected chi connectivity index (χ3v) is 4.28. The first-order valence-electron chi connectivity index (χ1n) is 6.89. The Bertz CT molecular complexity index is 824. The quantitative estimate of drug-likeness (QED) is 0.768. The predicted molar refractivity (Wildman–Crippen MR) is 86.0 cm³/mol. The van der Waals surface area contributed by atoms with Gasteiger partial charge in [0, 0.05) is 13.6 Å². The van der Waals surface area contributed by atoms with Gasteiger partial charge in [0.2, 0.25) is 0 Å². The summed E-state index contributed by atoms with van der Waals surface area (Å²) in [5, 5.41) is 18.7. The van der Waals surface area contributed by atoms with Crippen molar-refractivity contribution in [3.05, 3.63) is 34.8 Å². The molecule has 1 amide bonds. The topological polar surface area (TPSA) is 80.0 Å². The van der Waals surface area contributed by atoms with Crippen LogP contribution in [0.2, 0.25) is 0 Å². The fourth-order valence-electron chi connectivity index (χ4n) is 2.44. The second-order valence-electron chi connectivity index (χ2n) is 4.92. The monoisotopic (exact) mass is 316 g/mol. The van der Waals surface area contributed by atoms with E-state index in [1.54, 1.807) is 22.1 Å². The fourth-order valence-corrected chi connectivity index (χ4v) is 3.13. The summed E-state index contributed by atoms with van der Waals surface area (Å²) < 4.78 is 1.69. The Morgan fingerprint density at radius 2 is 2.32 bits per heavy atom. The largest absolute Gasteiger partial charge is 0.395 e. The molecule has 7 heteroatoms. The first-order chi connectivity index (χ1) is 10.6. The van der Waals surface area contributed by atoms with Gasteiger partial charge in [0.15, 0.2) is 5.65 Å². The van der Waals surface area contributed by atoms with Crippen LogP contribution in [-0.4, -0.2) is 38.9 Å². The van der Waals surface area contributed by atoms with Gasteiger partial charge in [0.1, 0.15) is 0 Å². The van der Waals surface area contributed by atoms with Crippen molar-refractivity contribution >= 4 is 28.3 Å². The van der Waals surface area contributed by atoms with Gasteiger partial charge in [-0.05, 0) is 24.4 Å². The van der Waals surface area contributed by atoms with Crippen LogP contribution in [0, 0.1) is 6.92 Å². The summed E-state index contributed by atoms with van der Waals surface area (Å²) in [5.74, 6) is -0.227. The summed E-state index contributed by atoms with van der Waals surface area (Å²) in [4.78, 5) is 18.1. The predicted octanol–water partition coefficient (Wildman–Crippen LogP) is 1.73. The average Bonchev–Trinajstić information content (AvgIpc) is 3.13. The van der Waals surface area contributed by atoms with E-state index in [2.05, 4.69) is 15.4 Å². The number of nitrogens with zero attached hydrogens (tertiary/aromatic N) is 3. The van der Waals surface area contributed by atoms with E-state index in [9.17, 15) is 4.79 Å². The van der Waals surface area contributed by atoms with Crippen LogP contribution < -0.4 is 5.32 Å². The van der Waals surface area contributed by atoms with Crippen molar-refractivity contribution in [1.82, 2.24) is 20.1 Å². The van der Waals surface area contributed by atoms with Gasteiger partial charge in [-0.15, -0.1) is 11.3 Å². The van der Waals surface area contributed by atoms with Crippen LogP contribution in [0.1, 0.15) is 16.1 Å². The number of nitrogens with one attached hydrogen (secondary N) is 1. The smallest absolute Gasteiger partial charge is 0.252 e. The highest BCUT2D eigenvalue weighted by atomic mass is 32.1. The third-order valence-electron chi connectivity index (χ3n) is 3.38. The number of hydrogen-bond donors (Lipinski definition) is 2. The van der Waals surface area contributed by atoms with E-state index in [0.29, 0.717) is 11.2 Å². The number of aryl methyl sites for hydroxylation is 2. The minimum absolute atomic E-state index is 0.0935. The average molecular weight is 316 g/mol. The Kier molecular flexibility index (Phi) is 3.91. The minimum Gasteiger partial charge on any atom is -0.395 e. The maximum absolute atomic E-state index is 12.4. The van der Waals surface area contributed by atoms with E-state index in [1.165, 1.54) is 0 Å². The minimum atomic E-state index is -0.227. The Morgan fingerprint density at radius 1 is 1.50 bits per heavy atom. The van der Waals surface area contributed by atoms with Crippen molar-refractivity contribution in [3.8, 4) is 10.6 Å². The van der Waals surface area contributed by atoms with E-state index in [-0.39, 0.29) is 19.1 Å². The van der Waals surface area contributed by atoms with Gasteiger partial charge in [-0.25, -0.2) is 4.98 Å². The number of carbonyl (C=O) groups excluding carboxylic acids is 1. The van der Waals surface area contributed by atoms with Crippen LogP contribution >= 0.6 is 11.3 Å². The lowest BCUT2D eigenvalue weighted by Gasteiger charge is -2.07. The third kappa shape index (κ3) is 2.49. The van der Waals surface area contributed by atoms with Gasteiger partial charge in [-0.2, -0.15) is 5.10 Å². The molecule has 114 valence electrons. The molecule has 0 spiro atoms. The molecule has 0 saturated carbocycles. The Balaban J connectivity index is 2.21. The molecule has 0 aliphatic carbocycles. The molecule has 22 heavy (non-hydrogen) atoms. The summed E-state index contributed by atoms with van der Waals surface area (Å²) in [5.41, 5.74) is 2.72. The van der Waals surface area contributed by atoms with Crippen LogP contribution in [-0.2, 0) is 7.05 Å². The number of aliphatic hydroxyl groups is 1. The van der Waals surface area contributed by atoms with E-state index in [0.717, 1.165) is 21.7 Å². The number of aromatic nitrogens is 3. The molecule has 3 heterocycles. The second kappa shape index (κ2) is 5.86. The van der Waals surface area contributed by atoms with E-state index in [1.807, 2.05) is 31.5 Å². The molecule has 0 atom stereocenters. The molecule has 0 aliphatic heterocycles. The van der Waals surface area contributed by atoms with Crippen LogP contribution in [0.25, 0.3) is 21.6 Å². The van der Waals surface area contributed by atoms with Crippen LogP contribution in [0.15, 0.2) is 23.6 Å². The molecule has 0 unspecified atom stereocenters. The number of rotatable bonds is 4. The summed E-state index contributed by atoms with van der Waals surface area (Å²) in [7, 11) is 1.82. The number of carbonyl (C=O) groups is 1. The normalized spacial score (nSPS) is 11.0. The number of thiophene rings is 1. The highest BCUT2D eigenvalue weighted by molar-refractivity contribution is 7.13. The number of hydrogen-bond acceptors (Lipinski definition) is 5. The molecule has 0 aliphatic rings. The van der Waals surface area contributed by atoms with E-state index >= 15 is 0 Å². The van der Waals surface area contributed by atoms with E-state index in [4.69, 9.17) is 5.11 Å². The number of amides is 1. The lowest BCUT2D eigenvalue weighted by Crippen LogP contribution is -2.26. The number of fused-ring (bicyclic) bond motifs is 1. The summed E-state index contributed by atoms with van der Waals surface area (Å²) in [6.07, 6.45) is 0. The molecule has 3 rings (SSSR count). The van der Waals surface area contributed by atoms with Crippen molar-refractivity contribution in [3.63, 3.8) is 0 Å². The van der Waals surface area contributed by atoms with Gasteiger partial charge >= 0.3 is 0 Å². The summed E-state index contributed by atoms with van der Waals surface area (Å²) >= 11 is 1.57. The van der Waals surface area contributed by atoms with Crippen molar-refractivity contribution in [2.24, 2.45) is 7.05 Å². The number of aliphatic hydroxyl groups excluding tert-OH is 1. The SMILES string of the molecule is Cc1nn(C)c2nc(-c3cccs3)cc(C(=O)NCCO)c12. The molecule has 0 bridgehead atoms. The Labute approximate surface area is 131 Å². The molecule has 3 aromatic heterocycles. The summed E-state index contributed by atoms with van der Waals surface area (Å²) in [6, 6.07) is 5.71. The highest BCUT2D eigenvalue weighted by Gasteiger charge is 2.19. The van der Waals surface area contributed by atoms with Gasteiger partial charge < -0.3 is 10.4 Å². The van der Waals surface area contributed by atoms with Crippen molar-refractivity contribution in [2.75, 3.05) is 13.2 Å². The van der Waals surface area contributed by atoms with Crippen molar-refractivity contribution in [1.29, 1.82) is 0 Å². The molecule has 6 nitrogen and oxygen atoms in total. The summed E-state index contributed by atoms with van der Waals surface area (Å²) in [6.45, 7) is 1.98. The Morgan fingerprint density at radius 3 is 3.00 bits per heavy atom. The first-order valence-corrected chi connectivity index (χ1v) is 7.77. The van der Waals surface area contributed by atoms with Crippen molar-refractivity contribution in [2.45, 2.75) is 6.92 Å². The van der Waals surface area contributed by atoms with Gasteiger partial charge in [-0.3, -0.25) is 9.48 Å². The fraction of sp³-hybridized carbons (Fsp3) is 0.267. The second-order valence-corrected chi connectivity index (χ2v) is 5.87. The van der Waals surface area contributed by atoms with Crippen LogP contribution in [0.3, 0.4) is 0 Å². The van der Waals surface area contributed by atoms with E-state index < -0.39 is 0 Å². The maximum atomic E-state index is 12.4. The zero-order valence-corrected chi connectivity index (χ0v) is 13.1. The van der Waals surface area contributed by atoms with Crippen LogP contribution in [0.5, 0.6) is 0 Å². The first kappa shape index (κ1) is 14.7. The molecule has 2 N–H and O–H groups in total. The lowest BCUT2D eigenvalue weighted by molar-refractivity contribution is 0.0946. The molecule has 0 fully saturated rings. The molecule has 3 aromatic rings. The van der Waals surface area contributed by atoms with Crippen molar-refractivity contribution < 1.29 is 9.90 Å². The lowest BCUT2D eigenvalue weighted by atomic mass is 10.1. The Hall–Kier alpha value is -2.25. The molecule has 0 aromatic carbocycles. The van der Waals surface area contributed by atoms with Gasteiger partial charge in [-0.1, -0.05) is 6.07 Å². The molecular weight excluding hydrogens is 300 g/mol. The molecule has 0 saturated heterocycles. The molecule has 0 radical (unpaired) electrons. The number of pyridine rings is 1. The van der Waals surface area contributed by atoms with Gasteiger partial charge in [0.25, 0.3) is 5.91 Å².